The van der Waals surface area contributed by atoms with Crippen LogP contribution in [0, 0.1) is 6.92 Å². The minimum Gasteiger partial charge on any atom is -0.490 e. The molecule has 7 heteroatoms. The fourth-order valence-corrected chi connectivity index (χ4v) is 4.64. The highest BCUT2D eigenvalue weighted by Gasteiger charge is 2.15. The molecule has 1 amide bonds. The van der Waals surface area contributed by atoms with E-state index >= 15 is 0 Å². The van der Waals surface area contributed by atoms with Gasteiger partial charge < -0.3 is 9.47 Å². The molecule has 0 aliphatic carbocycles. The van der Waals surface area contributed by atoms with E-state index in [9.17, 15) is 4.79 Å². The van der Waals surface area contributed by atoms with Gasteiger partial charge in [0.25, 0.3) is 5.91 Å². The summed E-state index contributed by atoms with van der Waals surface area (Å²) in [6, 6.07) is 30.7. The smallest absolute Gasteiger partial charge is 0.272 e. The first-order chi connectivity index (χ1) is 19.5. The third-order valence-electron chi connectivity index (χ3n) is 6.21. The highest BCUT2D eigenvalue weighted by Crippen LogP contribution is 2.37. The molecule has 1 aromatic heterocycles. The molecule has 0 aliphatic heterocycles. The number of hydrogen-bond acceptors (Lipinski definition) is 5. The molecule has 4 aromatic carbocycles. The first-order valence-corrected chi connectivity index (χ1v) is 13.3. The van der Waals surface area contributed by atoms with Crippen LogP contribution in [0.1, 0.15) is 34.0 Å². The van der Waals surface area contributed by atoms with Crippen molar-refractivity contribution in [2.75, 3.05) is 6.61 Å². The van der Waals surface area contributed by atoms with Crippen molar-refractivity contribution in [2.24, 2.45) is 5.10 Å². The number of nitrogens with zero attached hydrogens (tertiary/aromatic N) is 2. The van der Waals surface area contributed by atoms with Gasteiger partial charge in [-0.1, -0.05) is 90.0 Å². The maximum Gasteiger partial charge on any atom is 0.272 e. The summed E-state index contributed by atoms with van der Waals surface area (Å²) in [4.78, 5) is 18.0. The number of carbonyl (C=O) groups is 1. The molecule has 40 heavy (non-hydrogen) atoms. The van der Waals surface area contributed by atoms with Gasteiger partial charge in [-0.05, 0) is 49.2 Å². The standard InChI is InChI=1S/C33H28ClN3O3/c1-3-39-31-18-24(17-28(34)32(31)40-21-23-11-9-10-22(2)16-23)20-35-37-33(38)27-19-30(25-12-5-4-6-13-25)36-29-15-8-7-14-26(27)29/h4-20H,3,21H2,1-2H3,(H,37,38)/b35-20+. The number of aryl methyl sites for hydroxylation is 1. The number of nitrogens with one attached hydrogen (secondary N) is 1. The van der Waals surface area contributed by atoms with Crippen LogP contribution in [0.2, 0.25) is 5.02 Å². The van der Waals surface area contributed by atoms with Crippen LogP contribution in [0.5, 0.6) is 11.5 Å². The van der Waals surface area contributed by atoms with Crippen LogP contribution in [0.25, 0.3) is 22.2 Å². The van der Waals surface area contributed by atoms with E-state index in [0.29, 0.717) is 46.6 Å². The Morgan fingerprint density at radius 2 is 1.75 bits per heavy atom. The van der Waals surface area contributed by atoms with Crippen molar-refractivity contribution in [3.8, 4) is 22.8 Å². The van der Waals surface area contributed by atoms with Gasteiger partial charge in [-0.2, -0.15) is 5.10 Å². The van der Waals surface area contributed by atoms with E-state index in [1.54, 1.807) is 18.2 Å². The van der Waals surface area contributed by atoms with E-state index in [-0.39, 0.29) is 5.91 Å². The Labute approximate surface area is 238 Å². The van der Waals surface area contributed by atoms with E-state index in [1.165, 1.54) is 6.21 Å². The molecule has 5 rings (SSSR count). The summed E-state index contributed by atoms with van der Waals surface area (Å²) in [6.45, 7) is 4.72. The third kappa shape index (κ3) is 6.30. The van der Waals surface area contributed by atoms with Crippen molar-refractivity contribution in [1.82, 2.24) is 10.4 Å². The van der Waals surface area contributed by atoms with Gasteiger partial charge in [-0.25, -0.2) is 10.4 Å². The maximum absolute atomic E-state index is 13.2. The summed E-state index contributed by atoms with van der Waals surface area (Å²) < 4.78 is 11.8. The summed E-state index contributed by atoms with van der Waals surface area (Å²) in [7, 11) is 0. The molecule has 1 N–H and O–H groups in total. The lowest BCUT2D eigenvalue weighted by molar-refractivity contribution is 0.0956. The zero-order chi connectivity index (χ0) is 27.9. The van der Waals surface area contributed by atoms with Gasteiger partial charge in [-0.15, -0.1) is 0 Å². The molecule has 0 spiro atoms. The second kappa shape index (κ2) is 12.5. The number of hydrazone groups is 1. The average molecular weight is 550 g/mol. The average Bonchev–Trinajstić information content (AvgIpc) is 2.97. The predicted molar refractivity (Wildman–Crippen MR) is 160 cm³/mol. The Bertz CT molecular complexity index is 1690. The minimum absolute atomic E-state index is 0.346. The Morgan fingerprint density at radius 3 is 2.55 bits per heavy atom. The fraction of sp³-hybridized carbons (Fsp3) is 0.121. The molecule has 0 bridgehead atoms. The summed E-state index contributed by atoms with van der Waals surface area (Å²) >= 11 is 6.59. The Kier molecular flexibility index (Phi) is 8.38. The molecule has 5 aromatic rings. The minimum atomic E-state index is -0.346. The number of carbonyl (C=O) groups excluding carboxylic acids is 1. The number of aromatic nitrogens is 1. The zero-order valence-corrected chi connectivity index (χ0v) is 23.0. The molecular formula is C33H28ClN3O3. The number of pyridine rings is 1. The number of hydrogen-bond donors (Lipinski definition) is 1. The first-order valence-electron chi connectivity index (χ1n) is 12.9. The molecule has 6 nitrogen and oxygen atoms in total. The first kappa shape index (κ1) is 26.9. The second-order valence-electron chi connectivity index (χ2n) is 9.18. The van der Waals surface area contributed by atoms with Gasteiger partial charge in [0.2, 0.25) is 0 Å². The van der Waals surface area contributed by atoms with Gasteiger partial charge in [0.05, 0.1) is 34.6 Å². The zero-order valence-electron chi connectivity index (χ0n) is 22.2. The summed E-state index contributed by atoms with van der Waals surface area (Å²) in [5.41, 5.74) is 8.33. The van der Waals surface area contributed by atoms with Crippen LogP contribution < -0.4 is 14.9 Å². The number of rotatable bonds is 9. The molecule has 0 saturated carbocycles. The quantitative estimate of drug-likeness (QED) is 0.152. The molecule has 0 saturated heterocycles. The molecule has 0 atom stereocenters. The summed E-state index contributed by atoms with van der Waals surface area (Å²) in [5.74, 6) is 0.618. The van der Waals surface area contributed by atoms with E-state index < -0.39 is 0 Å². The second-order valence-corrected chi connectivity index (χ2v) is 9.59. The van der Waals surface area contributed by atoms with Crippen LogP contribution in [0.4, 0.5) is 0 Å². The monoisotopic (exact) mass is 549 g/mol. The van der Waals surface area contributed by atoms with Gasteiger partial charge in [0.15, 0.2) is 11.5 Å². The van der Waals surface area contributed by atoms with Crippen molar-refractivity contribution in [1.29, 1.82) is 0 Å². The largest absolute Gasteiger partial charge is 0.490 e. The van der Waals surface area contributed by atoms with Crippen LogP contribution in [-0.4, -0.2) is 23.7 Å². The molecule has 0 unspecified atom stereocenters. The normalized spacial score (nSPS) is 11.1. The van der Waals surface area contributed by atoms with Crippen molar-refractivity contribution < 1.29 is 14.3 Å². The molecule has 0 radical (unpaired) electrons. The summed E-state index contributed by atoms with van der Waals surface area (Å²) in [6.07, 6.45) is 1.53. The third-order valence-corrected chi connectivity index (χ3v) is 6.49. The lowest BCUT2D eigenvalue weighted by Crippen LogP contribution is -2.18. The Balaban J connectivity index is 1.36. The van der Waals surface area contributed by atoms with Crippen LogP contribution in [-0.2, 0) is 6.61 Å². The van der Waals surface area contributed by atoms with E-state index in [2.05, 4.69) is 16.6 Å². The molecular weight excluding hydrogens is 522 g/mol. The summed E-state index contributed by atoms with van der Waals surface area (Å²) in [5, 5.41) is 5.33. The number of benzene rings is 4. The number of para-hydroxylation sites is 1. The molecule has 200 valence electrons. The van der Waals surface area contributed by atoms with Gasteiger partial charge in [0, 0.05) is 10.9 Å². The van der Waals surface area contributed by atoms with E-state index in [1.807, 2.05) is 86.6 Å². The number of fused-ring (bicyclic) bond motifs is 1. The lowest BCUT2D eigenvalue weighted by Gasteiger charge is -2.14. The van der Waals surface area contributed by atoms with Gasteiger partial charge in [-0.3, -0.25) is 4.79 Å². The predicted octanol–water partition coefficient (Wildman–Crippen LogP) is 7.61. The van der Waals surface area contributed by atoms with Crippen LogP contribution in [0.3, 0.4) is 0 Å². The van der Waals surface area contributed by atoms with Gasteiger partial charge in [0.1, 0.15) is 6.61 Å². The number of ether oxygens (including phenoxy) is 2. The van der Waals surface area contributed by atoms with E-state index in [0.717, 1.165) is 27.6 Å². The topological polar surface area (TPSA) is 72.8 Å². The Hall–Kier alpha value is -4.68. The fourth-order valence-electron chi connectivity index (χ4n) is 4.37. The van der Waals surface area contributed by atoms with Crippen molar-refractivity contribution >= 4 is 34.6 Å². The maximum atomic E-state index is 13.2. The van der Waals surface area contributed by atoms with Crippen molar-refractivity contribution in [3.63, 3.8) is 0 Å². The number of halogens is 1. The lowest BCUT2D eigenvalue weighted by atomic mass is 10.0. The highest BCUT2D eigenvalue weighted by molar-refractivity contribution is 6.32. The van der Waals surface area contributed by atoms with Gasteiger partial charge >= 0.3 is 0 Å². The molecule has 0 fully saturated rings. The molecule has 0 aliphatic rings. The van der Waals surface area contributed by atoms with Crippen molar-refractivity contribution in [2.45, 2.75) is 20.5 Å². The highest BCUT2D eigenvalue weighted by atomic mass is 35.5. The Morgan fingerprint density at radius 1 is 0.950 bits per heavy atom. The number of amides is 1. The van der Waals surface area contributed by atoms with E-state index in [4.69, 9.17) is 26.1 Å². The van der Waals surface area contributed by atoms with Crippen LogP contribution >= 0.6 is 11.6 Å². The van der Waals surface area contributed by atoms with Crippen molar-refractivity contribution in [3.05, 3.63) is 124 Å². The SMILES string of the molecule is CCOc1cc(/C=N/NC(=O)c2cc(-c3ccccc3)nc3ccccc23)cc(Cl)c1OCc1cccc(C)c1. The molecule has 1 heterocycles. The van der Waals surface area contributed by atoms with Crippen LogP contribution in [0.15, 0.2) is 102 Å².